The van der Waals surface area contributed by atoms with Crippen LogP contribution in [0, 0.1) is 20.8 Å². The molecule has 31 heavy (non-hydrogen) atoms. The molecule has 0 saturated heterocycles. The molecular weight excluding hydrogens is 424 g/mol. The molecule has 0 amide bonds. The van der Waals surface area contributed by atoms with Crippen molar-refractivity contribution in [3.05, 3.63) is 67.3 Å². The zero-order valence-corrected chi connectivity index (χ0v) is 20.3. The molecule has 4 nitrogen and oxygen atoms in total. The van der Waals surface area contributed by atoms with Crippen molar-refractivity contribution in [2.24, 2.45) is 0 Å². The Morgan fingerprint density at radius 3 is 2.55 bits per heavy atom. The van der Waals surface area contributed by atoms with Gasteiger partial charge in [-0.3, -0.25) is 4.79 Å². The fourth-order valence-electron chi connectivity index (χ4n) is 4.63. The Balaban J connectivity index is 1.72. The lowest BCUT2D eigenvalue weighted by Crippen LogP contribution is -2.30. The van der Waals surface area contributed by atoms with Gasteiger partial charge in [-0.2, -0.15) is 4.57 Å². The van der Waals surface area contributed by atoms with E-state index in [1.807, 2.05) is 27.7 Å². The van der Waals surface area contributed by atoms with Gasteiger partial charge < -0.3 is 0 Å². The first-order chi connectivity index (χ1) is 14.8. The number of thioether (sulfide) groups is 1. The van der Waals surface area contributed by atoms with E-state index in [1.165, 1.54) is 28.6 Å². The molecule has 1 aliphatic rings. The summed E-state index contributed by atoms with van der Waals surface area (Å²) in [4.78, 5) is 32.3. The summed E-state index contributed by atoms with van der Waals surface area (Å²) in [5, 5.41) is 1.57. The molecule has 2 aromatic heterocycles. The van der Waals surface area contributed by atoms with Crippen LogP contribution >= 0.6 is 23.1 Å². The fourth-order valence-corrected chi connectivity index (χ4v) is 6.86. The number of thiophene rings is 1. The molecule has 162 valence electrons. The van der Waals surface area contributed by atoms with Crippen molar-refractivity contribution in [3.8, 4) is 0 Å². The number of carbonyl (C=O) groups excluding carboxylic acids is 1. The first-order valence-electron chi connectivity index (χ1n) is 10.7. The van der Waals surface area contributed by atoms with Crippen LogP contribution in [0.1, 0.15) is 57.3 Å². The summed E-state index contributed by atoms with van der Waals surface area (Å²) in [6.45, 7) is 12.4. The van der Waals surface area contributed by atoms with Gasteiger partial charge in [-0.05, 0) is 87.4 Å². The number of aromatic amines is 1. The highest BCUT2D eigenvalue weighted by Gasteiger charge is 2.27. The van der Waals surface area contributed by atoms with Crippen LogP contribution in [0.25, 0.3) is 10.2 Å². The number of carbonyl (C=O) groups is 1. The molecule has 0 spiro atoms. The van der Waals surface area contributed by atoms with E-state index in [1.54, 1.807) is 15.9 Å². The highest BCUT2D eigenvalue weighted by molar-refractivity contribution is 7.99. The van der Waals surface area contributed by atoms with Gasteiger partial charge in [0.2, 0.25) is 0 Å². The van der Waals surface area contributed by atoms with Gasteiger partial charge in [0.1, 0.15) is 11.9 Å². The van der Waals surface area contributed by atoms with Crippen LogP contribution in [0.3, 0.4) is 0 Å². The molecule has 0 saturated carbocycles. The van der Waals surface area contributed by atoms with Gasteiger partial charge in [-0.15, -0.1) is 0 Å². The van der Waals surface area contributed by atoms with E-state index in [9.17, 15) is 9.59 Å². The molecule has 0 atom stereocenters. The molecule has 1 N–H and O–H groups in total. The minimum atomic E-state index is 0.0359. The van der Waals surface area contributed by atoms with Gasteiger partial charge in [0.15, 0.2) is 10.6 Å². The third kappa shape index (κ3) is 4.28. The maximum atomic E-state index is 13.5. The van der Waals surface area contributed by atoms with E-state index in [-0.39, 0.29) is 17.1 Å². The number of hydrogen-bond acceptors (Lipinski definition) is 4. The number of benzene rings is 1. The summed E-state index contributed by atoms with van der Waals surface area (Å²) in [5.74, 6) is 0.376. The molecule has 0 unspecified atom stereocenters. The molecule has 1 aliphatic carbocycles. The second-order valence-corrected chi connectivity index (χ2v) is 10.7. The zero-order chi connectivity index (χ0) is 22.3. The van der Waals surface area contributed by atoms with Crippen molar-refractivity contribution in [1.29, 1.82) is 0 Å². The van der Waals surface area contributed by atoms with E-state index in [0.29, 0.717) is 6.54 Å². The first kappa shape index (κ1) is 22.0. The number of hydrogen-bond donors (Lipinski definition) is 0. The molecule has 0 radical (unpaired) electrons. The summed E-state index contributed by atoms with van der Waals surface area (Å²) in [6, 6.07) is 4.10. The Hall–Kier alpha value is -2.18. The van der Waals surface area contributed by atoms with Gasteiger partial charge >= 0.3 is 10.7 Å². The van der Waals surface area contributed by atoms with Crippen molar-refractivity contribution in [2.75, 3.05) is 5.75 Å². The van der Waals surface area contributed by atoms with Crippen molar-refractivity contribution < 1.29 is 9.78 Å². The van der Waals surface area contributed by atoms with Crippen molar-refractivity contribution >= 4 is 39.1 Å². The predicted molar refractivity (Wildman–Crippen MR) is 130 cm³/mol. The van der Waals surface area contributed by atoms with E-state index in [0.717, 1.165) is 62.5 Å². The van der Waals surface area contributed by atoms with Crippen LogP contribution in [0.15, 0.2) is 34.2 Å². The Labute approximate surface area is 191 Å². The third-order valence-corrected chi connectivity index (χ3v) is 8.03. The summed E-state index contributed by atoms with van der Waals surface area (Å²) >= 11 is 3.12. The predicted octanol–water partition coefficient (Wildman–Crippen LogP) is 5.23. The van der Waals surface area contributed by atoms with E-state index >= 15 is 0 Å². The summed E-state index contributed by atoms with van der Waals surface area (Å²) in [5.41, 5.74) is 6.14. The number of ketones is 1. The monoisotopic (exact) mass is 453 g/mol. The highest BCUT2D eigenvalue weighted by Crippen LogP contribution is 2.33. The second-order valence-electron chi connectivity index (χ2n) is 8.68. The molecule has 1 aromatic carbocycles. The normalized spacial score (nSPS) is 13.4. The molecule has 0 aliphatic heterocycles. The lowest BCUT2D eigenvalue weighted by Gasteiger charge is -2.11. The van der Waals surface area contributed by atoms with Crippen LogP contribution in [0.4, 0.5) is 0 Å². The number of fused-ring (bicyclic) bond motifs is 3. The number of H-pyrrole nitrogens is 1. The number of nitrogens with one attached hydrogen (secondary N) is 1. The van der Waals surface area contributed by atoms with E-state index < -0.39 is 0 Å². The van der Waals surface area contributed by atoms with Gasteiger partial charge in [0.05, 0.1) is 5.75 Å². The molecular formula is C25H29N2O2S2+. The summed E-state index contributed by atoms with van der Waals surface area (Å²) in [7, 11) is 0. The number of nitrogens with zero attached hydrogens (tertiary/aromatic N) is 1. The molecule has 3 aromatic rings. The van der Waals surface area contributed by atoms with Gasteiger partial charge in [-0.25, -0.2) is 9.78 Å². The maximum Gasteiger partial charge on any atom is 0.347 e. The fraction of sp³-hybridized carbons (Fsp3) is 0.400. The standard InChI is InChI=1S/C25H28N2O2S2/c1-14(2)12-27-24(29)22-18-8-6-7-9-20(18)31-23(22)26-25(27)30-13-19(28)21-16(4)10-15(3)11-17(21)5/h10-11H,1,6-9,12-13H2,2-5H3/p+1. The number of aromatic nitrogens is 2. The van der Waals surface area contributed by atoms with E-state index in [2.05, 4.69) is 23.7 Å². The average molecular weight is 454 g/mol. The Morgan fingerprint density at radius 2 is 1.87 bits per heavy atom. The first-order valence-corrected chi connectivity index (χ1v) is 12.5. The number of allylic oxidation sites excluding steroid dienone is 1. The Bertz CT molecular complexity index is 1240. The largest absolute Gasteiger partial charge is 0.347 e. The topological polar surface area (TPSA) is 53.2 Å². The zero-order valence-electron chi connectivity index (χ0n) is 18.7. The smallest absolute Gasteiger partial charge is 0.293 e. The van der Waals surface area contributed by atoms with Crippen molar-refractivity contribution in [1.82, 2.24) is 4.57 Å². The van der Waals surface area contributed by atoms with Crippen LogP contribution in [-0.4, -0.2) is 16.1 Å². The summed E-state index contributed by atoms with van der Waals surface area (Å²) in [6.07, 6.45) is 4.35. The lowest BCUT2D eigenvalue weighted by molar-refractivity contribution is -0.404. The maximum absolute atomic E-state index is 13.5. The summed E-state index contributed by atoms with van der Waals surface area (Å²) < 4.78 is 1.76. The Kier molecular flexibility index (Phi) is 6.22. The van der Waals surface area contributed by atoms with Crippen LogP contribution in [0.2, 0.25) is 0 Å². The number of rotatable bonds is 6. The minimum absolute atomic E-state index is 0.0359. The number of aryl methyl sites for hydroxylation is 5. The van der Waals surface area contributed by atoms with Gasteiger partial charge in [0.25, 0.3) is 0 Å². The molecule has 2 heterocycles. The molecule has 0 bridgehead atoms. The van der Waals surface area contributed by atoms with Crippen LogP contribution < -0.4 is 10.5 Å². The lowest BCUT2D eigenvalue weighted by atomic mass is 9.97. The second kappa shape index (κ2) is 8.75. The minimum Gasteiger partial charge on any atom is -0.293 e. The highest BCUT2D eigenvalue weighted by atomic mass is 32.2. The molecule has 0 fully saturated rings. The van der Waals surface area contributed by atoms with Crippen molar-refractivity contribution in [2.45, 2.75) is 65.1 Å². The molecule has 4 rings (SSSR count). The van der Waals surface area contributed by atoms with Gasteiger partial charge in [-0.1, -0.05) is 35.6 Å². The number of Topliss-reactive ketones (excluding diaryl/α,β-unsaturated/α-hetero) is 1. The quantitative estimate of drug-likeness (QED) is 0.222. The van der Waals surface area contributed by atoms with Gasteiger partial charge in [0, 0.05) is 10.4 Å². The SMILES string of the molecule is C=C(C)Cn1c(SCC(=O)c2c(C)cc(C)cc2C)[nH+]c2sc3c(c2c1=O)CCCC3. The van der Waals surface area contributed by atoms with Crippen molar-refractivity contribution in [3.63, 3.8) is 0 Å². The van der Waals surface area contributed by atoms with Crippen LogP contribution in [0.5, 0.6) is 0 Å². The van der Waals surface area contributed by atoms with Crippen LogP contribution in [-0.2, 0) is 19.4 Å². The van der Waals surface area contributed by atoms with E-state index in [4.69, 9.17) is 0 Å². The third-order valence-electron chi connectivity index (χ3n) is 5.82. The Morgan fingerprint density at radius 1 is 1.19 bits per heavy atom. The average Bonchev–Trinajstić information content (AvgIpc) is 3.06. The molecule has 6 heteroatoms.